The lowest BCUT2D eigenvalue weighted by Gasteiger charge is -2.15. The third kappa shape index (κ3) is 3.60. The molecule has 1 N–H and O–H groups in total. The molecule has 0 aliphatic rings. The molecule has 112 valence electrons. The number of hydrogen-bond acceptors (Lipinski definition) is 3. The quantitative estimate of drug-likeness (QED) is 0.843. The van der Waals surface area contributed by atoms with Gasteiger partial charge in [-0.1, -0.05) is 31.3 Å². The normalized spacial score (nSPS) is 11.5. The van der Waals surface area contributed by atoms with Crippen molar-refractivity contribution in [3.05, 3.63) is 40.3 Å². The van der Waals surface area contributed by atoms with Gasteiger partial charge < -0.3 is 9.72 Å². The molecule has 0 aliphatic heterocycles. The molecule has 21 heavy (non-hydrogen) atoms. The van der Waals surface area contributed by atoms with Gasteiger partial charge in [-0.05, 0) is 19.1 Å². The first-order valence-corrected chi connectivity index (χ1v) is 6.67. The number of aryl methyl sites for hydroxylation is 1. The number of aromatic amines is 1. The first-order chi connectivity index (χ1) is 9.81. The van der Waals surface area contributed by atoms with Gasteiger partial charge in [0, 0.05) is 17.5 Å². The lowest BCUT2D eigenvalue weighted by atomic mass is 10.1. The van der Waals surface area contributed by atoms with Crippen LogP contribution in [0.5, 0.6) is 5.75 Å². The van der Waals surface area contributed by atoms with Crippen LogP contribution in [0, 0.1) is 11.6 Å². The molecule has 0 spiro atoms. The van der Waals surface area contributed by atoms with E-state index < -0.39 is 6.36 Å². The van der Waals surface area contributed by atoms with Gasteiger partial charge >= 0.3 is 6.36 Å². The zero-order valence-corrected chi connectivity index (χ0v) is 12.2. The summed E-state index contributed by atoms with van der Waals surface area (Å²) in [6.45, 7) is 3.59. The summed E-state index contributed by atoms with van der Waals surface area (Å²) in [4.78, 5) is 7.20. The molecule has 2 rings (SSSR count). The van der Waals surface area contributed by atoms with Crippen molar-refractivity contribution in [2.24, 2.45) is 0 Å². The van der Waals surface area contributed by atoms with Crippen molar-refractivity contribution >= 4 is 12.2 Å². The Balaban J connectivity index is 2.62. The van der Waals surface area contributed by atoms with Crippen LogP contribution in [0.25, 0.3) is 11.3 Å². The molecule has 0 bridgehead atoms. The Labute approximate surface area is 124 Å². The highest BCUT2D eigenvalue weighted by Crippen LogP contribution is 2.34. The smallest absolute Gasteiger partial charge is 0.405 e. The number of para-hydroxylation sites is 1. The number of aromatic nitrogens is 2. The topological polar surface area (TPSA) is 37.9 Å². The fourth-order valence-corrected chi connectivity index (χ4v) is 2.12. The van der Waals surface area contributed by atoms with Crippen molar-refractivity contribution < 1.29 is 17.9 Å². The third-order valence-electron chi connectivity index (χ3n) is 2.92. The van der Waals surface area contributed by atoms with Crippen LogP contribution in [0.3, 0.4) is 0 Å². The minimum atomic E-state index is -4.75. The van der Waals surface area contributed by atoms with Crippen LogP contribution in [0.2, 0.25) is 0 Å². The molecule has 3 nitrogen and oxygen atoms in total. The molecular formula is C14H13F3N2OS. The Morgan fingerprint density at radius 3 is 2.57 bits per heavy atom. The van der Waals surface area contributed by atoms with E-state index in [4.69, 9.17) is 12.2 Å². The molecule has 0 saturated heterocycles. The van der Waals surface area contributed by atoms with Gasteiger partial charge in [-0.15, -0.1) is 13.2 Å². The van der Waals surface area contributed by atoms with Gasteiger partial charge in [0.1, 0.15) is 16.2 Å². The SMILES string of the molecule is CCc1nc(=S)c(C)c(-c2ccccc2OC(F)(F)F)[nH]1. The lowest BCUT2D eigenvalue weighted by molar-refractivity contribution is -0.274. The number of nitrogens with zero attached hydrogens (tertiary/aromatic N) is 1. The predicted molar refractivity (Wildman–Crippen MR) is 75.7 cm³/mol. The molecule has 0 atom stereocenters. The lowest BCUT2D eigenvalue weighted by Crippen LogP contribution is -2.17. The van der Waals surface area contributed by atoms with Crippen molar-refractivity contribution in [2.75, 3.05) is 0 Å². The maximum Gasteiger partial charge on any atom is 0.573 e. The molecule has 0 fully saturated rings. The van der Waals surface area contributed by atoms with Crippen molar-refractivity contribution in [3.8, 4) is 17.0 Å². The van der Waals surface area contributed by atoms with Gasteiger partial charge in [0.05, 0.1) is 5.69 Å². The number of rotatable bonds is 3. The van der Waals surface area contributed by atoms with Crippen molar-refractivity contribution in [1.29, 1.82) is 0 Å². The van der Waals surface area contributed by atoms with Crippen molar-refractivity contribution in [3.63, 3.8) is 0 Å². The second-order valence-corrected chi connectivity index (χ2v) is 4.77. The van der Waals surface area contributed by atoms with Gasteiger partial charge in [0.25, 0.3) is 0 Å². The highest BCUT2D eigenvalue weighted by Gasteiger charge is 2.32. The van der Waals surface area contributed by atoms with Gasteiger partial charge in [-0.2, -0.15) is 0 Å². The number of benzene rings is 1. The van der Waals surface area contributed by atoms with E-state index in [0.717, 1.165) is 0 Å². The third-order valence-corrected chi connectivity index (χ3v) is 3.32. The van der Waals surface area contributed by atoms with Gasteiger partial charge in [0.2, 0.25) is 0 Å². The first-order valence-electron chi connectivity index (χ1n) is 6.26. The van der Waals surface area contributed by atoms with Gasteiger partial charge in [-0.3, -0.25) is 0 Å². The molecule has 0 unspecified atom stereocenters. The van der Waals surface area contributed by atoms with Gasteiger partial charge in [-0.25, -0.2) is 4.98 Å². The van der Waals surface area contributed by atoms with Gasteiger partial charge in [0.15, 0.2) is 0 Å². The zero-order chi connectivity index (χ0) is 15.6. The number of hydrogen-bond donors (Lipinski definition) is 1. The maximum absolute atomic E-state index is 12.5. The average molecular weight is 314 g/mol. The molecule has 1 aromatic carbocycles. The van der Waals surface area contributed by atoms with Crippen LogP contribution < -0.4 is 4.74 Å². The minimum Gasteiger partial charge on any atom is -0.405 e. The molecular weight excluding hydrogens is 301 g/mol. The molecule has 1 heterocycles. The molecule has 1 aromatic heterocycles. The number of nitrogens with one attached hydrogen (secondary N) is 1. The Hall–Kier alpha value is -1.89. The summed E-state index contributed by atoms with van der Waals surface area (Å²) in [5.41, 5.74) is 1.41. The fourth-order valence-electron chi connectivity index (χ4n) is 1.90. The van der Waals surface area contributed by atoms with E-state index in [2.05, 4.69) is 14.7 Å². The van der Waals surface area contributed by atoms with E-state index in [1.54, 1.807) is 19.1 Å². The van der Waals surface area contributed by atoms with Crippen LogP contribution in [0.4, 0.5) is 13.2 Å². The number of ether oxygens (including phenoxy) is 1. The van der Waals surface area contributed by atoms with Crippen molar-refractivity contribution in [2.45, 2.75) is 26.6 Å². The summed E-state index contributed by atoms with van der Waals surface area (Å²) in [5.74, 6) is 0.342. The maximum atomic E-state index is 12.5. The van der Waals surface area contributed by atoms with E-state index in [-0.39, 0.29) is 5.75 Å². The first kappa shape index (κ1) is 15.5. The summed E-state index contributed by atoms with van der Waals surface area (Å²) in [5, 5.41) is 0. The summed E-state index contributed by atoms with van der Waals surface area (Å²) in [6, 6.07) is 5.94. The standard InChI is InChI=1S/C14H13F3N2OS/c1-3-11-18-12(8(2)13(21)19-11)9-6-4-5-7-10(9)20-14(15,16)17/h4-7H,3H2,1-2H3,(H,18,19,21). The van der Waals surface area contributed by atoms with Crippen LogP contribution in [0.15, 0.2) is 24.3 Å². The second-order valence-electron chi connectivity index (χ2n) is 4.39. The minimum absolute atomic E-state index is 0.271. The van der Waals surface area contributed by atoms with E-state index in [1.807, 2.05) is 6.92 Å². The molecule has 0 saturated carbocycles. The summed E-state index contributed by atoms with van der Waals surface area (Å²) < 4.78 is 41.9. The van der Waals surface area contributed by atoms with Crippen LogP contribution in [-0.2, 0) is 6.42 Å². The second kappa shape index (κ2) is 5.85. The number of halogens is 3. The Bertz CT molecular complexity index is 710. The molecule has 0 amide bonds. The van der Waals surface area contributed by atoms with Crippen LogP contribution in [0.1, 0.15) is 18.3 Å². The molecule has 0 aliphatic carbocycles. The molecule has 2 aromatic rings. The molecule has 7 heteroatoms. The Kier molecular flexibility index (Phi) is 4.32. The van der Waals surface area contributed by atoms with E-state index in [1.165, 1.54) is 12.1 Å². The fraction of sp³-hybridized carbons (Fsp3) is 0.286. The zero-order valence-electron chi connectivity index (χ0n) is 11.4. The van der Waals surface area contributed by atoms with E-state index >= 15 is 0 Å². The molecule has 0 radical (unpaired) electrons. The highest BCUT2D eigenvalue weighted by atomic mass is 32.1. The number of alkyl halides is 3. The van der Waals surface area contributed by atoms with Crippen molar-refractivity contribution in [1.82, 2.24) is 9.97 Å². The average Bonchev–Trinajstić information content (AvgIpc) is 2.41. The summed E-state index contributed by atoms with van der Waals surface area (Å²) in [7, 11) is 0. The Morgan fingerprint density at radius 2 is 1.95 bits per heavy atom. The van der Waals surface area contributed by atoms with E-state index in [9.17, 15) is 13.2 Å². The van der Waals surface area contributed by atoms with Crippen LogP contribution in [-0.4, -0.2) is 16.3 Å². The highest BCUT2D eigenvalue weighted by molar-refractivity contribution is 7.71. The number of H-pyrrole nitrogens is 1. The Morgan fingerprint density at radius 1 is 1.29 bits per heavy atom. The predicted octanol–water partition coefficient (Wildman–Crippen LogP) is 4.58. The monoisotopic (exact) mass is 314 g/mol. The van der Waals surface area contributed by atoms with E-state index in [0.29, 0.717) is 33.7 Å². The largest absolute Gasteiger partial charge is 0.573 e. The summed E-state index contributed by atoms with van der Waals surface area (Å²) >= 11 is 5.15. The van der Waals surface area contributed by atoms with Crippen LogP contribution >= 0.6 is 12.2 Å². The summed E-state index contributed by atoms with van der Waals surface area (Å²) in [6.07, 6.45) is -4.15.